The number of benzene rings is 1. The van der Waals surface area contributed by atoms with Gasteiger partial charge >= 0.3 is 0 Å². The van der Waals surface area contributed by atoms with E-state index in [9.17, 15) is 0 Å². The lowest BCUT2D eigenvalue weighted by Crippen LogP contribution is -2.06. The molecule has 0 aliphatic heterocycles. The summed E-state index contributed by atoms with van der Waals surface area (Å²) in [5.74, 6) is 2.20. The van der Waals surface area contributed by atoms with Crippen molar-refractivity contribution in [1.82, 2.24) is 0 Å². The third-order valence-electron chi connectivity index (χ3n) is 6.29. The number of rotatable bonds is 3. The SMILES string of the molecule is CC1=C(C2CCCC(c3ccc(C(C)C)cc3C)CC2)C=CCC1. The van der Waals surface area contributed by atoms with Gasteiger partial charge < -0.3 is 0 Å². The van der Waals surface area contributed by atoms with Gasteiger partial charge in [0.15, 0.2) is 0 Å². The zero-order valence-electron chi connectivity index (χ0n) is 16.1. The fourth-order valence-corrected chi connectivity index (χ4v) is 4.72. The van der Waals surface area contributed by atoms with Gasteiger partial charge in [-0.3, -0.25) is 0 Å². The highest BCUT2D eigenvalue weighted by atomic mass is 14.3. The molecule has 2 aliphatic carbocycles. The molecule has 0 nitrogen and oxygen atoms in total. The predicted octanol–water partition coefficient (Wildman–Crippen LogP) is 7.45. The molecule has 2 atom stereocenters. The largest absolute Gasteiger partial charge is 0.0839 e. The molecule has 0 bridgehead atoms. The molecule has 0 spiro atoms. The number of hydrogen-bond donors (Lipinski definition) is 0. The molecule has 0 saturated heterocycles. The number of hydrogen-bond acceptors (Lipinski definition) is 0. The van der Waals surface area contributed by atoms with E-state index in [4.69, 9.17) is 0 Å². The first-order valence-electron chi connectivity index (χ1n) is 10.0. The average Bonchev–Trinajstić information content (AvgIpc) is 2.81. The molecular weight excluding hydrogens is 288 g/mol. The van der Waals surface area contributed by atoms with Gasteiger partial charge in [0.2, 0.25) is 0 Å². The molecule has 0 amide bonds. The smallest absolute Gasteiger partial charge is 0.0159 e. The molecule has 0 N–H and O–H groups in total. The van der Waals surface area contributed by atoms with Crippen molar-refractivity contribution in [2.24, 2.45) is 5.92 Å². The molecule has 1 aromatic carbocycles. The molecule has 0 heteroatoms. The van der Waals surface area contributed by atoms with Gasteiger partial charge in [-0.1, -0.05) is 56.2 Å². The zero-order valence-corrected chi connectivity index (χ0v) is 16.1. The van der Waals surface area contributed by atoms with Crippen LogP contribution in [0.15, 0.2) is 41.5 Å². The molecule has 130 valence electrons. The first kappa shape index (κ1) is 17.5. The summed E-state index contributed by atoms with van der Waals surface area (Å²) < 4.78 is 0. The van der Waals surface area contributed by atoms with Crippen LogP contribution in [0.1, 0.15) is 94.2 Å². The minimum absolute atomic E-state index is 0.629. The van der Waals surface area contributed by atoms with Gasteiger partial charge in [-0.2, -0.15) is 0 Å². The van der Waals surface area contributed by atoms with E-state index >= 15 is 0 Å². The summed E-state index contributed by atoms with van der Waals surface area (Å²) >= 11 is 0. The Kier molecular flexibility index (Phi) is 5.64. The van der Waals surface area contributed by atoms with Crippen molar-refractivity contribution in [2.45, 2.75) is 84.5 Å². The molecule has 0 radical (unpaired) electrons. The van der Waals surface area contributed by atoms with E-state index in [1.807, 2.05) is 0 Å². The van der Waals surface area contributed by atoms with E-state index in [-0.39, 0.29) is 0 Å². The summed E-state index contributed by atoms with van der Waals surface area (Å²) in [6.07, 6.45) is 14.2. The second-order valence-electron chi connectivity index (χ2n) is 8.35. The molecule has 24 heavy (non-hydrogen) atoms. The van der Waals surface area contributed by atoms with Crippen LogP contribution < -0.4 is 0 Å². The Balaban J connectivity index is 1.73. The van der Waals surface area contributed by atoms with Gasteiger partial charge in [0.25, 0.3) is 0 Å². The first-order valence-corrected chi connectivity index (χ1v) is 10.0. The molecule has 1 saturated carbocycles. The van der Waals surface area contributed by atoms with Gasteiger partial charge in [-0.05, 0) is 92.4 Å². The lowest BCUT2D eigenvalue weighted by Gasteiger charge is -2.22. The lowest BCUT2D eigenvalue weighted by atomic mass is 9.83. The fourth-order valence-electron chi connectivity index (χ4n) is 4.72. The summed E-state index contributed by atoms with van der Waals surface area (Å²) in [5.41, 5.74) is 7.94. The lowest BCUT2D eigenvalue weighted by molar-refractivity contribution is 0.524. The van der Waals surface area contributed by atoms with Crippen molar-refractivity contribution in [3.05, 3.63) is 58.2 Å². The van der Waals surface area contributed by atoms with Gasteiger partial charge in [0, 0.05) is 0 Å². The second kappa shape index (κ2) is 7.72. The third kappa shape index (κ3) is 3.85. The van der Waals surface area contributed by atoms with Crippen molar-refractivity contribution in [3.63, 3.8) is 0 Å². The van der Waals surface area contributed by atoms with Crippen molar-refractivity contribution in [3.8, 4) is 0 Å². The predicted molar refractivity (Wildman–Crippen MR) is 106 cm³/mol. The highest BCUT2D eigenvalue weighted by Gasteiger charge is 2.24. The third-order valence-corrected chi connectivity index (χ3v) is 6.29. The van der Waals surface area contributed by atoms with E-state index in [1.54, 1.807) is 16.7 Å². The summed E-state index contributed by atoms with van der Waals surface area (Å²) in [4.78, 5) is 0. The van der Waals surface area contributed by atoms with Crippen LogP contribution in [0.25, 0.3) is 0 Å². The standard InChI is InChI=1S/C24H34/c1-17(2)22-14-15-24(19(4)16-22)21-10-7-9-20(12-13-21)23-11-6-5-8-18(23)3/h6,11,14-17,20-21H,5,7-10,12-13H2,1-4H3. The maximum Gasteiger partial charge on any atom is -0.0159 e. The normalized spacial score (nSPS) is 25.2. The van der Waals surface area contributed by atoms with Crippen LogP contribution >= 0.6 is 0 Å². The van der Waals surface area contributed by atoms with E-state index < -0.39 is 0 Å². The van der Waals surface area contributed by atoms with Crippen molar-refractivity contribution < 1.29 is 0 Å². The van der Waals surface area contributed by atoms with Crippen molar-refractivity contribution in [2.75, 3.05) is 0 Å². The Hall–Kier alpha value is -1.30. The minimum atomic E-state index is 0.629. The molecule has 2 aliphatic rings. The summed E-state index contributed by atoms with van der Waals surface area (Å²) in [5, 5.41) is 0. The Morgan fingerprint density at radius 3 is 2.42 bits per heavy atom. The Labute approximate surface area is 149 Å². The Bertz CT molecular complexity index is 629. The molecular formula is C24H34. The van der Waals surface area contributed by atoms with Gasteiger partial charge in [0.1, 0.15) is 0 Å². The van der Waals surface area contributed by atoms with Crippen LogP contribution in [-0.2, 0) is 0 Å². The summed E-state index contributed by atoms with van der Waals surface area (Å²) in [6, 6.07) is 7.23. The maximum atomic E-state index is 2.44. The quantitative estimate of drug-likeness (QED) is 0.507. The summed E-state index contributed by atoms with van der Waals surface area (Å²) in [7, 11) is 0. The topological polar surface area (TPSA) is 0 Å². The van der Waals surface area contributed by atoms with Gasteiger partial charge in [-0.15, -0.1) is 0 Å². The van der Waals surface area contributed by atoms with Crippen LogP contribution in [0.4, 0.5) is 0 Å². The first-order chi connectivity index (χ1) is 11.6. The Morgan fingerprint density at radius 1 is 0.958 bits per heavy atom. The van der Waals surface area contributed by atoms with E-state index in [0.29, 0.717) is 5.92 Å². The second-order valence-corrected chi connectivity index (χ2v) is 8.35. The van der Waals surface area contributed by atoms with Gasteiger partial charge in [-0.25, -0.2) is 0 Å². The molecule has 1 aromatic rings. The summed E-state index contributed by atoms with van der Waals surface area (Å²) in [6.45, 7) is 9.26. The van der Waals surface area contributed by atoms with Crippen LogP contribution in [0.3, 0.4) is 0 Å². The maximum absolute atomic E-state index is 2.44. The minimum Gasteiger partial charge on any atom is -0.0839 e. The fraction of sp³-hybridized carbons (Fsp3) is 0.583. The van der Waals surface area contributed by atoms with Crippen LogP contribution in [0, 0.1) is 12.8 Å². The van der Waals surface area contributed by atoms with Crippen molar-refractivity contribution >= 4 is 0 Å². The monoisotopic (exact) mass is 322 g/mol. The Morgan fingerprint density at radius 2 is 1.71 bits per heavy atom. The zero-order chi connectivity index (χ0) is 17.1. The van der Waals surface area contributed by atoms with Crippen LogP contribution in [0.2, 0.25) is 0 Å². The average molecular weight is 323 g/mol. The number of aryl methyl sites for hydroxylation is 1. The van der Waals surface area contributed by atoms with Crippen molar-refractivity contribution in [1.29, 1.82) is 0 Å². The number of allylic oxidation sites excluding steroid dienone is 4. The van der Waals surface area contributed by atoms with Crippen LogP contribution in [0.5, 0.6) is 0 Å². The van der Waals surface area contributed by atoms with E-state index in [1.165, 1.54) is 56.1 Å². The highest BCUT2D eigenvalue weighted by Crippen LogP contribution is 2.40. The molecule has 2 unspecified atom stereocenters. The molecule has 0 aromatic heterocycles. The van der Waals surface area contributed by atoms with E-state index in [2.05, 4.69) is 58.0 Å². The van der Waals surface area contributed by atoms with E-state index in [0.717, 1.165) is 11.8 Å². The molecule has 1 fully saturated rings. The molecule has 0 heterocycles. The van der Waals surface area contributed by atoms with Crippen LogP contribution in [-0.4, -0.2) is 0 Å². The molecule has 3 rings (SSSR count). The van der Waals surface area contributed by atoms with Gasteiger partial charge in [0.05, 0.1) is 0 Å². The highest BCUT2D eigenvalue weighted by molar-refractivity contribution is 5.36.